The van der Waals surface area contributed by atoms with Crippen LogP contribution in [0.25, 0.3) is 0 Å². The first kappa shape index (κ1) is 17.1. The fourth-order valence-corrected chi connectivity index (χ4v) is 2.76. The van der Waals surface area contributed by atoms with Crippen molar-refractivity contribution in [2.75, 3.05) is 11.9 Å². The van der Waals surface area contributed by atoms with Crippen LogP contribution < -0.4 is 5.32 Å². The van der Waals surface area contributed by atoms with Gasteiger partial charge in [-0.3, -0.25) is 9.59 Å². The lowest BCUT2D eigenvalue weighted by atomic mass is 9.83. The molecule has 1 aliphatic rings. The van der Waals surface area contributed by atoms with Gasteiger partial charge in [-0.15, -0.1) is 0 Å². The van der Waals surface area contributed by atoms with Crippen LogP contribution in [-0.2, 0) is 9.53 Å². The zero-order valence-electron chi connectivity index (χ0n) is 13.9. The Morgan fingerprint density at radius 2 is 1.73 bits per heavy atom. The van der Waals surface area contributed by atoms with E-state index in [1.165, 1.54) is 6.20 Å². The van der Waals surface area contributed by atoms with Crippen LogP contribution in [0.5, 0.6) is 0 Å². The molecular weight excluding hydrogens is 332 g/mol. The quantitative estimate of drug-likeness (QED) is 0.443. The molecule has 6 heteroatoms. The topological polar surface area (TPSA) is 96.3 Å². The van der Waals surface area contributed by atoms with E-state index < -0.39 is 5.97 Å². The molecule has 6 nitrogen and oxygen atoms in total. The number of carbonyl (C=O) groups is 3. The molecule has 0 saturated heterocycles. The highest BCUT2D eigenvalue weighted by Gasteiger charge is 2.31. The van der Waals surface area contributed by atoms with Crippen molar-refractivity contribution in [2.24, 2.45) is 0 Å². The van der Waals surface area contributed by atoms with Crippen molar-refractivity contribution < 1.29 is 19.1 Å². The summed E-state index contributed by atoms with van der Waals surface area (Å²) in [5.74, 6) is -1.30. The molecule has 2 aromatic carbocycles. The number of benzene rings is 2. The summed E-state index contributed by atoms with van der Waals surface area (Å²) in [6.07, 6.45) is 1.17. The molecule has 128 valence electrons. The highest BCUT2D eigenvalue weighted by molar-refractivity contribution is 6.30. The number of hydrogen-bond donors (Lipinski definition) is 1. The van der Waals surface area contributed by atoms with Gasteiger partial charge in [0, 0.05) is 22.9 Å². The second-order valence-corrected chi connectivity index (χ2v) is 5.47. The zero-order valence-corrected chi connectivity index (χ0v) is 13.9. The van der Waals surface area contributed by atoms with Crippen molar-refractivity contribution in [3.63, 3.8) is 0 Å². The molecule has 2 aromatic rings. The normalized spacial score (nSPS) is 12.7. The summed E-state index contributed by atoms with van der Waals surface area (Å²) in [7, 11) is 0. The van der Waals surface area contributed by atoms with E-state index in [1.54, 1.807) is 55.5 Å². The Morgan fingerprint density at radius 1 is 1.08 bits per heavy atom. The van der Waals surface area contributed by atoms with E-state index in [4.69, 9.17) is 10.00 Å². The summed E-state index contributed by atoms with van der Waals surface area (Å²) in [5, 5.41) is 11.9. The van der Waals surface area contributed by atoms with Gasteiger partial charge in [0.05, 0.1) is 17.9 Å². The summed E-state index contributed by atoms with van der Waals surface area (Å²) in [6.45, 7) is 1.78. The lowest BCUT2D eigenvalue weighted by molar-refractivity contribution is -0.138. The minimum Gasteiger partial charge on any atom is -0.462 e. The number of esters is 1. The summed E-state index contributed by atoms with van der Waals surface area (Å²) in [6, 6.07) is 13.2. The predicted molar refractivity (Wildman–Crippen MR) is 93.7 cm³/mol. The number of hydrogen-bond acceptors (Lipinski definition) is 6. The van der Waals surface area contributed by atoms with E-state index in [2.05, 4.69) is 5.32 Å². The average molecular weight is 346 g/mol. The molecular formula is C20H14N2O4. The van der Waals surface area contributed by atoms with Crippen LogP contribution in [-0.4, -0.2) is 24.1 Å². The number of nitrogens with zero attached hydrogens (tertiary/aromatic N) is 1. The first-order valence-electron chi connectivity index (χ1n) is 7.93. The maximum Gasteiger partial charge on any atom is 0.350 e. The maximum absolute atomic E-state index is 12.9. The van der Waals surface area contributed by atoms with Crippen LogP contribution in [0.1, 0.15) is 38.8 Å². The van der Waals surface area contributed by atoms with Crippen LogP contribution in [0, 0.1) is 11.3 Å². The van der Waals surface area contributed by atoms with Crippen molar-refractivity contribution in [1.82, 2.24) is 0 Å². The number of fused-ring (bicyclic) bond motifs is 2. The van der Waals surface area contributed by atoms with Crippen LogP contribution in [0.4, 0.5) is 5.69 Å². The molecule has 0 atom stereocenters. The molecule has 0 aliphatic heterocycles. The Balaban J connectivity index is 2.03. The van der Waals surface area contributed by atoms with Gasteiger partial charge in [0.2, 0.25) is 0 Å². The third kappa shape index (κ3) is 2.87. The van der Waals surface area contributed by atoms with Gasteiger partial charge in [-0.1, -0.05) is 36.4 Å². The molecule has 26 heavy (non-hydrogen) atoms. The maximum atomic E-state index is 12.9. The molecule has 0 fully saturated rings. The van der Waals surface area contributed by atoms with E-state index in [0.29, 0.717) is 16.8 Å². The molecule has 0 amide bonds. The van der Waals surface area contributed by atoms with Crippen LogP contribution in [0.2, 0.25) is 0 Å². The highest BCUT2D eigenvalue weighted by atomic mass is 16.5. The molecule has 0 radical (unpaired) electrons. The first-order chi connectivity index (χ1) is 12.6. The smallest absolute Gasteiger partial charge is 0.350 e. The van der Waals surface area contributed by atoms with Gasteiger partial charge in [0.15, 0.2) is 17.1 Å². The summed E-state index contributed by atoms with van der Waals surface area (Å²) < 4.78 is 4.79. The molecule has 1 N–H and O–H groups in total. The summed E-state index contributed by atoms with van der Waals surface area (Å²) in [4.78, 5) is 37.2. The third-order valence-electron chi connectivity index (χ3n) is 3.94. The minimum atomic E-state index is -0.764. The van der Waals surface area contributed by atoms with Gasteiger partial charge in [-0.25, -0.2) is 4.79 Å². The van der Waals surface area contributed by atoms with Crippen LogP contribution >= 0.6 is 0 Å². The van der Waals surface area contributed by atoms with Crippen LogP contribution in [0.15, 0.2) is 54.2 Å². The Bertz CT molecular complexity index is 999. The monoisotopic (exact) mass is 346 g/mol. The predicted octanol–water partition coefficient (Wildman–Crippen LogP) is 2.84. The number of ether oxygens (including phenoxy) is 1. The van der Waals surface area contributed by atoms with Crippen molar-refractivity contribution in [2.45, 2.75) is 6.92 Å². The van der Waals surface area contributed by atoms with Gasteiger partial charge < -0.3 is 10.1 Å². The Morgan fingerprint density at radius 3 is 2.38 bits per heavy atom. The Hall–Kier alpha value is -3.72. The van der Waals surface area contributed by atoms with Crippen molar-refractivity contribution in [3.8, 4) is 6.07 Å². The number of ketones is 2. The summed E-state index contributed by atoms with van der Waals surface area (Å²) in [5.41, 5.74) is 1.29. The molecule has 3 rings (SSSR count). The highest BCUT2D eigenvalue weighted by Crippen LogP contribution is 2.31. The fourth-order valence-electron chi connectivity index (χ4n) is 2.76. The second-order valence-electron chi connectivity index (χ2n) is 5.47. The fraction of sp³-hybridized carbons (Fsp3) is 0.100. The Kier molecular flexibility index (Phi) is 4.63. The molecule has 0 unspecified atom stereocenters. The lowest BCUT2D eigenvalue weighted by Gasteiger charge is -2.19. The summed E-state index contributed by atoms with van der Waals surface area (Å²) >= 11 is 0. The SMILES string of the molecule is CCOC(=O)/C(C#N)=C/Nc1cccc2c1C(=O)c1ccccc1C2=O. The van der Waals surface area contributed by atoms with Gasteiger partial charge >= 0.3 is 5.97 Å². The van der Waals surface area contributed by atoms with Gasteiger partial charge in [0.1, 0.15) is 6.07 Å². The molecule has 0 aromatic heterocycles. The second kappa shape index (κ2) is 7.03. The zero-order chi connectivity index (χ0) is 18.7. The number of nitriles is 1. The molecule has 0 bridgehead atoms. The van der Waals surface area contributed by atoms with E-state index in [0.717, 1.165) is 0 Å². The van der Waals surface area contributed by atoms with Gasteiger partial charge in [0.25, 0.3) is 0 Å². The molecule has 0 spiro atoms. The van der Waals surface area contributed by atoms with Gasteiger partial charge in [-0.2, -0.15) is 5.26 Å². The number of nitrogens with one attached hydrogen (secondary N) is 1. The third-order valence-corrected chi connectivity index (χ3v) is 3.94. The van der Waals surface area contributed by atoms with E-state index in [9.17, 15) is 14.4 Å². The Labute approximate surface area is 149 Å². The average Bonchev–Trinajstić information content (AvgIpc) is 2.66. The van der Waals surface area contributed by atoms with Crippen molar-refractivity contribution in [3.05, 3.63) is 76.5 Å². The first-order valence-corrected chi connectivity index (χ1v) is 7.93. The number of carbonyl (C=O) groups excluding carboxylic acids is 3. The molecule has 0 saturated carbocycles. The lowest BCUT2D eigenvalue weighted by Crippen LogP contribution is -2.22. The minimum absolute atomic E-state index is 0.141. The number of rotatable bonds is 4. The van der Waals surface area contributed by atoms with E-state index >= 15 is 0 Å². The van der Waals surface area contributed by atoms with E-state index in [1.807, 2.05) is 0 Å². The van der Waals surface area contributed by atoms with Gasteiger partial charge in [-0.05, 0) is 13.0 Å². The van der Waals surface area contributed by atoms with Crippen molar-refractivity contribution in [1.29, 1.82) is 5.26 Å². The van der Waals surface area contributed by atoms with Crippen molar-refractivity contribution >= 4 is 23.2 Å². The largest absolute Gasteiger partial charge is 0.462 e. The standard InChI is InChI=1S/C20H14N2O4/c1-2-26-20(25)12(10-21)11-22-16-9-5-8-15-17(16)19(24)14-7-4-3-6-13(14)18(15)23/h3-9,11,22H,2H2,1H3/b12-11+. The van der Waals surface area contributed by atoms with Crippen LogP contribution in [0.3, 0.4) is 0 Å². The molecule has 1 aliphatic carbocycles. The van der Waals surface area contributed by atoms with E-state index in [-0.39, 0.29) is 34.9 Å². The molecule has 0 heterocycles. The number of anilines is 1.